The minimum atomic E-state index is 0.421. The molecule has 2 N–H and O–H groups in total. The van der Waals surface area contributed by atoms with Crippen molar-refractivity contribution in [2.75, 3.05) is 32.7 Å². The highest BCUT2D eigenvalue weighted by molar-refractivity contribution is 6.08. The molecule has 0 radical (unpaired) electrons. The average Bonchev–Trinajstić information content (AvgIpc) is 3.31. The van der Waals surface area contributed by atoms with Crippen LogP contribution in [0.5, 0.6) is 0 Å². The Morgan fingerprint density at radius 2 is 2.08 bits per heavy atom. The number of aromatic nitrogens is 5. The second-order valence-corrected chi connectivity index (χ2v) is 5.91. The molecule has 8 heteroatoms. The van der Waals surface area contributed by atoms with E-state index >= 15 is 0 Å². The van der Waals surface area contributed by atoms with Crippen molar-refractivity contribution in [3.63, 3.8) is 0 Å². The number of rotatable bonds is 7. The first-order valence-electron chi connectivity index (χ1n) is 8.39. The van der Waals surface area contributed by atoms with E-state index in [1.54, 1.807) is 18.0 Å². The fourth-order valence-electron chi connectivity index (χ4n) is 2.91. The van der Waals surface area contributed by atoms with Crippen LogP contribution in [0.4, 0.5) is 5.82 Å². The van der Waals surface area contributed by atoms with Crippen LogP contribution in [0.1, 0.15) is 0 Å². The van der Waals surface area contributed by atoms with Crippen molar-refractivity contribution in [1.29, 1.82) is 0 Å². The molecule has 0 bridgehead atoms. The normalized spacial score (nSPS) is 11.6. The van der Waals surface area contributed by atoms with Crippen molar-refractivity contribution in [1.82, 2.24) is 24.5 Å². The number of nitrogens with two attached hydrogens (primary N) is 1. The Morgan fingerprint density at radius 3 is 2.88 bits per heavy atom. The third-order valence-corrected chi connectivity index (χ3v) is 4.18. The van der Waals surface area contributed by atoms with Crippen molar-refractivity contribution >= 4 is 27.6 Å². The maximum atomic E-state index is 6.14. The van der Waals surface area contributed by atoms with Gasteiger partial charge in [0, 0.05) is 36.5 Å². The third kappa shape index (κ3) is 3.12. The van der Waals surface area contributed by atoms with Gasteiger partial charge in [-0.25, -0.2) is 9.67 Å². The second kappa shape index (κ2) is 7.11. The van der Waals surface area contributed by atoms with E-state index in [4.69, 9.17) is 15.2 Å². The lowest BCUT2D eigenvalue weighted by Crippen LogP contribution is -2.09. The molecule has 8 nitrogen and oxygen atoms in total. The third-order valence-electron chi connectivity index (χ3n) is 4.18. The largest absolute Gasteiger partial charge is 0.382 e. The first-order chi connectivity index (χ1) is 12.8. The topological polar surface area (TPSA) is 93.0 Å². The Kier molecular flexibility index (Phi) is 4.51. The van der Waals surface area contributed by atoms with Crippen molar-refractivity contribution in [2.24, 2.45) is 0 Å². The number of anilines is 1. The van der Waals surface area contributed by atoms with Crippen LogP contribution in [-0.4, -0.2) is 51.5 Å². The van der Waals surface area contributed by atoms with Crippen molar-refractivity contribution in [2.45, 2.75) is 6.54 Å². The fraction of sp³-hybridized carbons (Fsp3) is 0.278. The van der Waals surface area contributed by atoms with E-state index in [9.17, 15) is 0 Å². The molecule has 0 saturated heterocycles. The van der Waals surface area contributed by atoms with Gasteiger partial charge < -0.3 is 15.2 Å². The van der Waals surface area contributed by atoms with E-state index in [0.29, 0.717) is 37.7 Å². The predicted octanol–water partition coefficient (Wildman–Crippen LogP) is 2.02. The van der Waals surface area contributed by atoms with Gasteiger partial charge in [0.2, 0.25) is 0 Å². The van der Waals surface area contributed by atoms with Crippen LogP contribution >= 0.6 is 0 Å². The van der Waals surface area contributed by atoms with E-state index in [1.165, 1.54) is 0 Å². The van der Waals surface area contributed by atoms with Crippen LogP contribution in [-0.2, 0) is 16.0 Å². The molecule has 0 fully saturated rings. The molecule has 0 spiro atoms. The van der Waals surface area contributed by atoms with Gasteiger partial charge in [0.15, 0.2) is 5.82 Å². The number of hydrogen-bond acceptors (Lipinski definition) is 6. The van der Waals surface area contributed by atoms with Crippen LogP contribution in [0, 0.1) is 0 Å². The van der Waals surface area contributed by atoms with Gasteiger partial charge in [-0.1, -0.05) is 0 Å². The Balaban J connectivity index is 1.66. The summed E-state index contributed by atoms with van der Waals surface area (Å²) in [7, 11) is 1.66. The number of hydrogen-bond donors (Lipinski definition) is 1. The minimum absolute atomic E-state index is 0.421. The number of methoxy groups -OCH3 is 1. The molecule has 0 atom stereocenters. The lowest BCUT2D eigenvalue weighted by molar-refractivity contribution is 0.0655. The molecule has 1 aromatic carbocycles. The fourth-order valence-corrected chi connectivity index (χ4v) is 2.91. The quantitative estimate of drug-likeness (QED) is 0.512. The molecule has 3 heterocycles. The molecule has 0 aliphatic rings. The molecular formula is C18H20N6O2. The zero-order chi connectivity index (χ0) is 17.9. The molecule has 0 amide bonds. The Labute approximate surface area is 150 Å². The monoisotopic (exact) mass is 352 g/mol. The zero-order valence-corrected chi connectivity index (χ0v) is 14.5. The maximum absolute atomic E-state index is 6.14. The van der Waals surface area contributed by atoms with Crippen LogP contribution < -0.4 is 5.73 Å². The SMILES string of the molecule is COCCOCCn1cc2c(n1)c(N)nc1cc(-n3cccn3)ccc12. The highest BCUT2D eigenvalue weighted by atomic mass is 16.5. The van der Waals surface area contributed by atoms with Crippen LogP contribution in [0.3, 0.4) is 0 Å². The van der Waals surface area contributed by atoms with Gasteiger partial charge in [0.05, 0.1) is 37.6 Å². The molecule has 3 aromatic heterocycles. The highest BCUT2D eigenvalue weighted by Crippen LogP contribution is 2.28. The molecule has 0 saturated carbocycles. The zero-order valence-electron chi connectivity index (χ0n) is 14.5. The van der Waals surface area contributed by atoms with Gasteiger partial charge in [-0.2, -0.15) is 10.2 Å². The Morgan fingerprint density at radius 1 is 1.15 bits per heavy atom. The lowest BCUT2D eigenvalue weighted by atomic mass is 10.1. The van der Waals surface area contributed by atoms with Crippen molar-refractivity contribution in [3.8, 4) is 5.69 Å². The summed E-state index contributed by atoms with van der Waals surface area (Å²) in [4.78, 5) is 4.52. The number of fused-ring (bicyclic) bond motifs is 3. The molecule has 0 unspecified atom stereocenters. The van der Waals surface area contributed by atoms with Gasteiger partial charge in [0.25, 0.3) is 0 Å². The molecule has 26 heavy (non-hydrogen) atoms. The first-order valence-corrected chi connectivity index (χ1v) is 8.39. The van der Waals surface area contributed by atoms with E-state index in [2.05, 4.69) is 15.2 Å². The number of ether oxygens (including phenoxy) is 2. The molecule has 4 rings (SSSR count). The van der Waals surface area contributed by atoms with Gasteiger partial charge in [-0.3, -0.25) is 4.68 Å². The van der Waals surface area contributed by atoms with Gasteiger partial charge in [-0.05, 0) is 24.3 Å². The van der Waals surface area contributed by atoms with Gasteiger partial charge >= 0.3 is 0 Å². The van der Waals surface area contributed by atoms with E-state index < -0.39 is 0 Å². The summed E-state index contributed by atoms with van der Waals surface area (Å²) in [5, 5.41) is 10.8. The highest BCUT2D eigenvalue weighted by Gasteiger charge is 2.12. The summed E-state index contributed by atoms with van der Waals surface area (Å²) in [5.41, 5.74) is 8.61. The maximum Gasteiger partial charge on any atom is 0.152 e. The molecule has 4 aromatic rings. The van der Waals surface area contributed by atoms with Crippen LogP contribution in [0.25, 0.3) is 27.5 Å². The predicted molar refractivity (Wildman–Crippen MR) is 99.3 cm³/mol. The van der Waals surface area contributed by atoms with Crippen LogP contribution in [0.2, 0.25) is 0 Å². The van der Waals surface area contributed by atoms with E-state index in [1.807, 2.05) is 41.3 Å². The summed E-state index contributed by atoms with van der Waals surface area (Å²) in [6.45, 7) is 2.36. The number of nitrogens with zero attached hydrogens (tertiary/aromatic N) is 5. The standard InChI is InChI=1S/C18H20N6O2/c1-25-9-10-26-8-7-23-12-15-14-4-3-13(24-6-2-5-20-24)11-16(14)21-18(19)17(15)22-23/h2-6,11-12H,7-10H2,1H3,(H2,19,21). The van der Waals surface area contributed by atoms with E-state index in [-0.39, 0.29) is 0 Å². The second-order valence-electron chi connectivity index (χ2n) is 5.91. The molecule has 0 aliphatic heterocycles. The Hall–Kier alpha value is -2.97. The van der Waals surface area contributed by atoms with Crippen molar-refractivity contribution in [3.05, 3.63) is 42.9 Å². The minimum Gasteiger partial charge on any atom is -0.382 e. The smallest absolute Gasteiger partial charge is 0.152 e. The summed E-state index contributed by atoms with van der Waals surface area (Å²) >= 11 is 0. The van der Waals surface area contributed by atoms with Crippen molar-refractivity contribution < 1.29 is 9.47 Å². The van der Waals surface area contributed by atoms with Gasteiger partial charge in [0.1, 0.15) is 5.52 Å². The first kappa shape index (κ1) is 16.5. The molecule has 134 valence electrons. The summed E-state index contributed by atoms with van der Waals surface area (Å²) in [6, 6.07) is 7.90. The summed E-state index contributed by atoms with van der Waals surface area (Å²) in [5.74, 6) is 0.421. The lowest BCUT2D eigenvalue weighted by Gasteiger charge is -2.05. The number of nitrogen functional groups attached to an aromatic ring is 1. The molecule has 0 aliphatic carbocycles. The van der Waals surface area contributed by atoms with Gasteiger partial charge in [-0.15, -0.1) is 0 Å². The number of benzene rings is 1. The van der Waals surface area contributed by atoms with Crippen LogP contribution in [0.15, 0.2) is 42.9 Å². The average molecular weight is 352 g/mol. The summed E-state index contributed by atoms with van der Waals surface area (Å²) in [6.07, 6.45) is 5.63. The molecular weight excluding hydrogens is 332 g/mol. The Bertz CT molecular complexity index is 1030. The number of pyridine rings is 1. The van der Waals surface area contributed by atoms with E-state index in [0.717, 1.165) is 22.0 Å². The summed E-state index contributed by atoms with van der Waals surface area (Å²) < 4.78 is 14.1.